The van der Waals surface area contributed by atoms with Gasteiger partial charge in [0.2, 0.25) is 0 Å². The summed E-state index contributed by atoms with van der Waals surface area (Å²) in [5, 5.41) is 12.1. The van der Waals surface area contributed by atoms with E-state index in [4.69, 9.17) is 5.26 Å². The molecule has 5 nitrogen and oxygen atoms in total. The predicted octanol–water partition coefficient (Wildman–Crippen LogP) is 2.73. The normalized spacial score (nSPS) is 13.6. The van der Waals surface area contributed by atoms with Crippen LogP contribution in [0.15, 0.2) is 12.3 Å². The van der Waals surface area contributed by atoms with Crippen molar-refractivity contribution >= 4 is 11.6 Å². The lowest BCUT2D eigenvalue weighted by atomic mass is 10.1. The van der Waals surface area contributed by atoms with Crippen molar-refractivity contribution in [1.29, 1.82) is 5.26 Å². The van der Waals surface area contributed by atoms with Gasteiger partial charge in [-0.1, -0.05) is 6.92 Å². The number of aromatic nitrogens is 1. The Bertz CT molecular complexity index is 546. The van der Waals surface area contributed by atoms with E-state index in [0.29, 0.717) is 24.6 Å². The van der Waals surface area contributed by atoms with E-state index in [9.17, 15) is 4.79 Å². The van der Waals surface area contributed by atoms with E-state index in [1.165, 1.54) is 0 Å². The van der Waals surface area contributed by atoms with Crippen LogP contribution in [0.3, 0.4) is 0 Å². The number of hydrogen-bond donors (Lipinski definition) is 1. The number of anilines is 1. The molecular weight excluding hydrogens is 264 g/mol. The fourth-order valence-electron chi connectivity index (χ4n) is 2.30. The highest BCUT2D eigenvalue weighted by Crippen LogP contribution is 2.29. The van der Waals surface area contributed by atoms with Crippen LogP contribution in [0.1, 0.15) is 48.7 Å². The van der Waals surface area contributed by atoms with Gasteiger partial charge in [-0.15, -0.1) is 0 Å². The van der Waals surface area contributed by atoms with Crippen LogP contribution in [-0.2, 0) is 0 Å². The zero-order valence-corrected chi connectivity index (χ0v) is 12.7. The maximum atomic E-state index is 12.8. The molecular formula is C16H22N4O. The Morgan fingerprint density at radius 2 is 2.33 bits per heavy atom. The fraction of sp³-hybridized carbons (Fsp3) is 0.562. The van der Waals surface area contributed by atoms with Crippen molar-refractivity contribution in [2.24, 2.45) is 0 Å². The lowest BCUT2D eigenvalue weighted by Gasteiger charge is -2.23. The molecule has 21 heavy (non-hydrogen) atoms. The monoisotopic (exact) mass is 286 g/mol. The van der Waals surface area contributed by atoms with Crippen molar-refractivity contribution in [1.82, 2.24) is 9.88 Å². The van der Waals surface area contributed by atoms with Crippen molar-refractivity contribution in [3.63, 3.8) is 0 Å². The van der Waals surface area contributed by atoms with Crippen LogP contribution in [0.5, 0.6) is 0 Å². The average Bonchev–Trinajstić information content (AvgIpc) is 3.30. The van der Waals surface area contributed by atoms with E-state index in [-0.39, 0.29) is 5.91 Å². The molecule has 2 rings (SSSR count). The first-order valence-electron chi connectivity index (χ1n) is 7.55. The van der Waals surface area contributed by atoms with Gasteiger partial charge in [0.05, 0.1) is 23.7 Å². The number of hydrogen-bond acceptors (Lipinski definition) is 4. The molecule has 0 bridgehead atoms. The summed E-state index contributed by atoms with van der Waals surface area (Å²) in [6.45, 7) is 5.33. The molecule has 0 spiro atoms. The number of nitriles is 1. The fourth-order valence-corrected chi connectivity index (χ4v) is 2.30. The number of nitrogens with zero attached hydrogens (tertiary/aromatic N) is 3. The standard InChI is InChI=1S/C16H22N4O/c1-3-8-18-15-10-12(2)19-11-14(15)16(21)20(9-4-7-17)13-5-6-13/h10-11,13H,3-6,8-9H2,1-2H3,(H,18,19). The summed E-state index contributed by atoms with van der Waals surface area (Å²) in [5.41, 5.74) is 2.34. The van der Waals surface area contributed by atoms with Gasteiger partial charge in [-0.25, -0.2) is 0 Å². The molecule has 1 amide bonds. The SMILES string of the molecule is CCCNc1cc(C)ncc1C(=O)N(CCC#N)C1CC1. The molecule has 0 unspecified atom stereocenters. The summed E-state index contributed by atoms with van der Waals surface area (Å²) in [6.07, 6.45) is 5.09. The zero-order valence-electron chi connectivity index (χ0n) is 12.7. The number of rotatable bonds is 7. The molecule has 1 fully saturated rings. The third-order valence-corrected chi connectivity index (χ3v) is 3.55. The van der Waals surface area contributed by atoms with E-state index in [1.54, 1.807) is 6.20 Å². The second kappa shape index (κ2) is 7.07. The molecule has 1 heterocycles. The lowest BCUT2D eigenvalue weighted by molar-refractivity contribution is 0.0747. The zero-order chi connectivity index (χ0) is 15.2. The van der Waals surface area contributed by atoms with E-state index >= 15 is 0 Å². The van der Waals surface area contributed by atoms with Gasteiger partial charge in [-0.2, -0.15) is 5.26 Å². The Balaban J connectivity index is 2.21. The molecule has 1 aromatic heterocycles. The topological polar surface area (TPSA) is 69.0 Å². The van der Waals surface area contributed by atoms with Crippen molar-refractivity contribution in [2.75, 3.05) is 18.4 Å². The summed E-state index contributed by atoms with van der Waals surface area (Å²) in [6, 6.07) is 4.33. The maximum Gasteiger partial charge on any atom is 0.257 e. The van der Waals surface area contributed by atoms with Gasteiger partial charge in [-0.05, 0) is 32.3 Å². The Kier molecular flexibility index (Phi) is 5.15. The maximum absolute atomic E-state index is 12.8. The predicted molar refractivity (Wildman–Crippen MR) is 82.0 cm³/mol. The minimum Gasteiger partial charge on any atom is -0.384 e. The number of carbonyl (C=O) groups excluding carboxylic acids is 1. The number of amides is 1. The van der Waals surface area contributed by atoms with E-state index < -0.39 is 0 Å². The lowest BCUT2D eigenvalue weighted by Crippen LogP contribution is -2.34. The third kappa shape index (κ3) is 3.94. The van der Waals surface area contributed by atoms with Crippen LogP contribution in [0.2, 0.25) is 0 Å². The van der Waals surface area contributed by atoms with Crippen LogP contribution in [-0.4, -0.2) is 34.9 Å². The first-order valence-corrected chi connectivity index (χ1v) is 7.55. The summed E-state index contributed by atoms with van der Waals surface area (Å²) in [4.78, 5) is 18.8. The number of nitrogens with one attached hydrogen (secondary N) is 1. The molecule has 1 aliphatic carbocycles. The molecule has 0 atom stereocenters. The largest absolute Gasteiger partial charge is 0.384 e. The molecule has 1 saturated carbocycles. The van der Waals surface area contributed by atoms with Gasteiger partial charge >= 0.3 is 0 Å². The molecule has 1 aliphatic rings. The molecule has 5 heteroatoms. The van der Waals surface area contributed by atoms with Gasteiger partial charge in [0.15, 0.2) is 0 Å². The number of aryl methyl sites for hydroxylation is 1. The average molecular weight is 286 g/mol. The van der Waals surface area contributed by atoms with E-state index in [2.05, 4.69) is 23.3 Å². The smallest absolute Gasteiger partial charge is 0.257 e. The summed E-state index contributed by atoms with van der Waals surface area (Å²) in [5.74, 6) is -0.0150. The van der Waals surface area contributed by atoms with Crippen LogP contribution >= 0.6 is 0 Å². The first-order chi connectivity index (χ1) is 10.2. The Hall–Kier alpha value is -2.09. The van der Waals surface area contributed by atoms with Crippen molar-refractivity contribution in [3.05, 3.63) is 23.5 Å². The molecule has 1 N–H and O–H groups in total. The van der Waals surface area contributed by atoms with Gasteiger partial charge in [-0.3, -0.25) is 9.78 Å². The van der Waals surface area contributed by atoms with Crippen molar-refractivity contribution in [3.8, 4) is 6.07 Å². The molecule has 0 aliphatic heterocycles. The van der Waals surface area contributed by atoms with E-state index in [1.807, 2.05) is 17.9 Å². The minimum atomic E-state index is -0.0150. The quantitative estimate of drug-likeness (QED) is 0.836. The molecule has 1 aromatic rings. The van der Waals surface area contributed by atoms with Crippen LogP contribution in [0, 0.1) is 18.3 Å². The second-order valence-electron chi connectivity index (χ2n) is 5.44. The van der Waals surface area contributed by atoms with Crippen LogP contribution in [0.4, 0.5) is 5.69 Å². The first kappa shape index (κ1) is 15.3. The molecule has 112 valence electrons. The Labute approximate surface area is 126 Å². The second-order valence-corrected chi connectivity index (χ2v) is 5.44. The van der Waals surface area contributed by atoms with Crippen LogP contribution < -0.4 is 5.32 Å². The molecule has 0 aromatic carbocycles. The minimum absolute atomic E-state index is 0.0150. The molecule has 0 radical (unpaired) electrons. The number of pyridine rings is 1. The van der Waals surface area contributed by atoms with Gasteiger partial charge in [0, 0.05) is 31.0 Å². The summed E-state index contributed by atoms with van der Waals surface area (Å²) in [7, 11) is 0. The highest BCUT2D eigenvalue weighted by molar-refractivity contribution is 5.99. The Morgan fingerprint density at radius 3 is 2.95 bits per heavy atom. The number of carbonyl (C=O) groups is 1. The van der Waals surface area contributed by atoms with E-state index in [0.717, 1.165) is 37.2 Å². The van der Waals surface area contributed by atoms with Crippen molar-refractivity contribution in [2.45, 2.75) is 45.6 Å². The highest BCUT2D eigenvalue weighted by atomic mass is 16.2. The van der Waals surface area contributed by atoms with Crippen LogP contribution in [0.25, 0.3) is 0 Å². The summed E-state index contributed by atoms with van der Waals surface area (Å²) >= 11 is 0. The third-order valence-electron chi connectivity index (χ3n) is 3.55. The highest BCUT2D eigenvalue weighted by Gasteiger charge is 2.33. The van der Waals surface area contributed by atoms with Gasteiger partial charge in [0.25, 0.3) is 5.91 Å². The van der Waals surface area contributed by atoms with Crippen molar-refractivity contribution < 1.29 is 4.79 Å². The van der Waals surface area contributed by atoms with Gasteiger partial charge in [0.1, 0.15) is 0 Å². The Morgan fingerprint density at radius 1 is 1.57 bits per heavy atom. The van der Waals surface area contributed by atoms with Gasteiger partial charge < -0.3 is 10.2 Å². The summed E-state index contributed by atoms with van der Waals surface area (Å²) < 4.78 is 0. The molecule has 0 saturated heterocycles.